The zero-order valence-electron chi connectivity index (χ0n) is 13.8. The molecule has 5 nitrogen and oxygen atoms in total. The Balaban J connectivity index is 1.66. The Hall–Kier alpha value is -1.92. The van der Waals surface area contributed by atoms with E-state index >= 15 is 0 Å². The molecule has 0 bridgehead atoms. The lowest BCUT2D eigenvalue weighted by Gasteiger charge is -2.06. The van der Waals surface area contributed by atoms with Crippen LogP contribution in [0.2, 0.25) is 0 Å². The molecule has 1 amide bonds. The minimum absolute atomic E-state index is 0.0248. The summed E-state index contributed by atoms with van der Waals surface area (Å²) in [5.74, 6) is 0.813. The molecule has 1 aromatic carbocycles. The third-order valence-corrected chi connectivity index (χ3v) is 3.92. The Morgan fingerprint density at radius 1 is 1.30 bits per heavy atom. The molecule has 2 rings (SSSR count). The first kappa shape index (κ1) is 17.4. The van der Waals surface area contributed by atoms with Gasteiger partial charge < -0.3 is 15.0 Å². The van der Waals surface area contributed by atoms with Crippen LogP contribution in [0.5, 0.6) is 5.75 Å². The molecule has 6 heteroatoms. The average molecular weight is 333 g/mol. The molecule has 1 aromatic heterocycles. The quantitative estimate of drug-likeness (QED) is 0.753. The lowest BCUT2D eigenvalue weighted by atomic mass is 10.2. The van der Waals surface area contributed by atoms with E-state index in [1.165, 1.54) is 16.9 Å². The molecule has 0 fully saturated rings. The number of benzene rings is 1. The number of carbonyl (C=O) groups is 1. The van der Waals surface area contributed by atoms with Crippen LogP contribution in [0.1, 0.15) is 24.1 Å². The van der Waals surface area contributed by atoms with Crippen molar-refractivity contribution in [3.63, 3.8) is 0 Å². The number of ether oxygens (including phenoxy) is 1. The van der Waals surface area contributed by atoms with Crippen molar-refractivity contribution in [1.82, 2.24) is 9.88 Å². The van der Waals surface area contributed by atoms with E-state index in [9.17, 15) is 4.79 Å². The van der Waals surface area contributed by atoms with Crippen LogP contribution in [0.3, 0.4) is 0 Å². The summed E-state index contributed by atoms with van der Waals surface area (Å²) in [4.78, 5) is 18.3. The van der Waals surface area contributed by atoms with Gasteiger partial charge in [-0.05, 0) is 39.6 Å². The molecule has 1 N–H and O–H groups in total. The highest BCUT2D eigenvalue weighted by Crippen LogP contribution is 2.17. The van der Waals surface area contributed by atoms with Crippen LogP contribution in [-0.2, 0) is 11.3 Å². The molecule has 2 aromatic rings. The van der Waals surface area contributed by atoms with Gasteiger partial charge in [-0.3, -0.25) is 4.79 Å². The predicted molar refractivity (Wildman–Crippen MR) is 94.0 cm³/mol. The Labute approximate surface area is 141 Å². The van der Waals surface area contributed by atoms with Crippen molar-refractivity contribution in [1.29, 1.82) is 0 Å². The summed E-state index contributed by atoms with van der Waals surface area (Å²) in [7, 11) is 3.98. The van der Waals surface area contributed by atoms with Crippen LogP contribution in [0.25, 0.3) is 0 Å². The lowest BCUT2D eigenvalue weighted by Crippen LogP contribution is -2.13. The molecule has 0 aliphatic heterocycles. The molecule has 0 saturated carbocycles. The van der Waals surface area contributed by atoms with Crippen molar-refractivity contribution >= 4 is 22.4 Å². The average Bonchev–Trinajstić information content (AvgIpc) is 2.91. The molecule has 0 aliphatic carbocycles. The lowest BCUT2D eigenvalue weighted by molar-refractivity contribution is -0.116. The van der Waals surface area contributed by atoms with Gasteiger partial charge in [-0.25, -0.2) is 4.98 Å². The van der Waals surface area contributed by atoms with Gasteiger partial charge in [-0.1, -0.05) is 17.7 Å². The van der Waals surface area contributed by atoms with Crippen molar-refractivity contribution in [2.24, 2.45) is 0 Å². The van der Waals surface area contributed by atoms with Crippen LogP contribution in [0, 0.1) is 6.92 Å². The van der Waals surface area contributed by atoms with E-state index in [1.807, 2.05) is 55.6 Å². The number of aromatic nitrogens is 1. The maximum absolute atomic E-state index is 11.9. The summed E-state index contributed by atoms with van der Waals surface area (Å²) in [6.07, 6.45) is 1.10. The molecule has 1 heterocycles. The molecule has 0 atom stereocenters. The highest BCUT2D eigenvalue weighted by atomic mass is 32.1. The van der Waals surface area contributed by atoms with Crippen molar-refractivity contribution in [2.75, 3.05) is 26.0 Å². The van der Waals surface area contributed by atoms with E-state index in [2.05, 4.69) is 10.3 Å². The van der Waals surface area contributed by atoms with Crippen LogP contribution in [-0.4, -0.2) is 36.5 Å². The first-order valence-corrected chi connectivity index (χ1v) is 8.49. The monoisotopic (exact) mass is 333 g/mol. The number of thiazole rings is 1. The summed E-state index contributed by atoms with van der Waals surface area (Å²) in [6, 6.07) is 7.90. The first-order valence-electron chi connectivity index (χ1n) is 7.61. The van der Waals surface area contributed by atoms with E-state index in [0.29, 0.717) is 24.6 Å². The zero-order valence-corrected chi connectivity index (χ0v) is 14.7. The number of rotatable bonds is 8. The fourth-order valence-corrected chi connectivity index (χ4v) is 2.72. The van der Waals surface area contributed by atoms with Crippen molar-refractivity contribution < 1.29 is 9.53 Å². The number of anilines is 1. The second-order valence-corrected chi connectivity index (χ2v) is 6.55. The summed E-state index contributed by atoms with van der Waals surface area (Å²) in [6.45, 7) is 3.34. The second kappa shape index (κ2) is 8.64. The largest absolute Gasteiger partial charge is 0.494 e. The van der Waals surface area contributed by atoms with Gasteiger partial charge in [0.2, 0.25) is 5.91 Å². The van der Waals surface area contributed by atoms with E-state index in [4.69, 9.17) is 4.74 Å². The summed E-state index contributed by atoms with van der Waals surface area (Å²) in [5, 5.41) is 5.46. The number of hydrogen-bond acceptors (Lipinski definition) is 5. The van der Waals surface area contributed by atoms with Gasteiger partial charge in [0.1, 0.15) is 5.75 Å². The van der Waals surface area contributed by atoms with Crippen LogP contribution < -0.4 is 10.1 Å². The Morgan fingerprint density at radius 3 is 2.74 bits per heavy atom. The van der Waals surface area contributed by atoms with Gasteiger partial charge >= 0.3 is 0 Å². The highest BCUT2D eigenvalue weighted by Gasteiger charge is 2.07. The third-order valence-electron chi connectivity index (χ3n) is 3.11. The Kier molecular flexibility index (Phi) is 6.55. The fraction of sp³-hybridized carbons (Fsp3) is 0.412. The van der Waals surface area contributed by atoms with Crippen LogP contribution in [0.4, 0.5) is 5.13 Å². The van der Waals surface area contributed by atoms with Gasteiger partial charge in [0.05, 0.1) is 12.3 Å². The van der Waals surface area contributed by atoms with E-state index in [0.717, 1.165) is 18.0 Å². The van der Waals surface area contributed by atoms with E-state index < -0.39 is 0 Å². The van der Waals surface area contributed by atoms with Gasteiger partial charge in [0.25, 0.3) is 0 Å². The maximum atomic E-state index is 11.9. The molecule has 0 spiro atoms. The van der Waals surface area contributed by atoms with Gasteiger partial charge in [0.15, 0.2) is 5.13 Å². The minimum atomic E-state index is -0.0248. The first-order chi connectivity index (χ1) is 11.0. The standard InChI is InChI=1S/C17H23N3O2S/c1-13-6-8-15(9-7-13)22-10-4-5-16(21)19-17-18-14(12-23-17)11-20(2)3/h6-9,12H,4-5,10-11H2,1-3H3,(H,18,19,21). The normalized spacial score (nSPS) is 10.8. The minimum Gasteiger partial charge on any atom is -0.494 e. The molecule has 0 unspecified atom stereocenters. The van der Waals surface area contributed by atoms with Crippen LogP contribution in [0.15, 0.2) is 29.6 Å². The Morgan fingerprint density at radius 2 is 2.04 bits per heavy atom. The molecule has 23 heavy (non-hydrogen) atoms. The molecule has 0 aliphatic rings. The summed E-state index contributed by atoms with van der Waals surface area (Å²) >= 11 is 1.46. The van der Waals surface area contributed by atoms with Gasteiger partial charge in [-0.2, -0.15) is 0 Å². The highest BCUT2D eigenvalue weighted by molar-refractivity contribution is 7.13. The predicted octanol–water partition coefficient (Wildman–Crippen LogP) is 3.31. The van der Waals surface area contributed by atoms with Gasteiger partial charge in [-0.15, -0.1) is 11.3 Å². The van der Waals surface area contributed by atoms with E-state index in [1.54, 1.807) is 0 Å². The van der Waals surface area contributed by atoms with E-state index in [-0.39, 0.29) is 5.91 Å². The Bertz CT molecular complexity index is 623. The number of hydrogen-bond donors (Lipinski definition) is 1. The summed E-state index contributed by atoms with van der Waals surface area (Å²) in [5.41, 5.74) is 2.17. The molecule has 0 radical (unpaired) electrons. The van der Waals surface area contributed by atoms with Crippen molar-refractivity contribution in [3.05, 3.63) is 40.9 Å². The molecular weight excluding hydrogens is 310 g/mol. The number of nitrogens with zero attached hydrogens (tertiary/aromatic N) is 2. The molecule has 0 saturated heterocycles. The number of aryl methyl sites for hydroxylation is 1. The zero-order chi connectivity index (χ0) is 16.7. The topological polar surface area (TPSA) is 54.5 Å². The second-order valence-electron chi connectivity index (χ2n) is 5.70. The number of amides is 1. The smallest absolute Gasteiger partial charge is 0.226 e. The summed E-state index contributed by atoms with van der Waals surface area (Å²) < 4.78 is 5.61. The van der Waals surface area contributed by atoms with Crippen molar-refractivity contribution in [2.45, 2.75) is 26.3 Å². The third kappa shape index (κ3) is 6.38. The van der Waals surface area contributed by atoms with Crippen molar-refractivity contribution in [3.8, 4) is 5.75 Å². The van der Waals surface area contributed by atoms with Gasteiger partial charge in [0, 0.05) is 18.3 Å². The number of carbonyl (C=O) groups excluding carboxylic acids is 1. The number of nitrogens with one attached hydrogen (secondary N) is 1. The fourth-order valence-electron chi connectivity index (χ4n) is 2.00. The van der Waals surface area contributed by atoms with Crippen LogP contribution >= 0.6 is 11.3 Å². The SMILES string of the molecule is Cc1ccc(OCCCC(=O)Nc2nc(CN(C)C)cs2)cc1. The maximum Gasteiger partial charge on any atom is 0.226 e. The molecular formula is C17H23N3O2S. The molecule has 124 valence electrons.